The van der Waals surface area contributed by atoms with Crippen LogP contribution in [0.5, 0.6) is 0 Å². The predicted molar refractivity (Wildman–Crippen MR) is 66.1 cm³/mol. The van der Waals surface area contributed by atoms with E-state index in [-0.39, 0.29) is 0 Å². The van der Waals surface area contributed by atoms with Crippen molar-refractivity contribution in [3.05, 3.63) is 42.0 Å². The number of hydrogen-bond acceptors (Lipinski definition) is 6. The molecule has 4 N–H and O–H groups in total. The van der Waals surface area contributed by atoms with E-state index in [4.69, 9.17) is 5.84 Å². The van der Waals surface area contributed by atoms with Crippen LogP contribution in [0.15, 0.2) is 30.6 Å². The summed E-state index contributed by atoms with van der Waals surface area (Å²) < 4.78 is 0. The molecule has 0 aromatic carbocycles. The van der Waals surface area contributed by atoms with Crippen molar-refractivity contribution in [2.75, 3.05) is 10.7 Å². The van der Waals surface area contributed by atoms with Crippen LogP contribution in [0.4, 0.5) is 11.6 Å². The summed E-state index contributed by atoms with van der Waals surface area (Å²) in [5.41, 5.74) is 4.26. The molecule has 2 aromatic heterocycles. The van der Waals surface area contributed by atoms with Gasteiger partial charge in [-0.2, -0.15) is 0 Å². The highest BCUT2D eigenvalue weighted by Gasteiger charge is 1.98. The molecule has 2 heterocycles. The molecule has 0 saturated heterocycles. The average molecular weight is 230 g/mol. The van der Waals surface area contributed by atoms with Gasteiger partial charge in [-0.25, -0.2) is 10.8 Å². The Bertz CT molecular complexity index is 482. The quantitative estimate of drug-likeness (QED) is 0.538. The molecule has 0 unspecified atom stereocenters. The number of nitrogens with one attached hydrogen (secondary N) is 2. The number of hydrogen-bond donors (Lipinski definition) is 3. The van der Waals surface area contributed by atoms with Crippen molar-refractivity contribution in [3.8, 4) is 0 Å². The average Bonchev–Trinajstić information content (AvgIpc) is 2.38. The van der Waals surface area contributed by atoms with Crippen LogP contribution in [0, 0.1) is 6.92 Å². The zero-order valence-corrected chi connectivity index (χ0v) is 9.51. The number of nitrogens with two attached hydrogens (primary N) is 1. The van der Waals surface area contributed by atoms with Crippen LogP contribution < -0.4 is 16.6 Å². The zero-order valence-electron chi connectivity index (χ0n) is 9.51. The number of aryl methyl sites for hydroxylation is 1. The fourth-order valence-corrected chi connectivity index (χ4v) is 1.31. The lowest BCUT2D eigenvalue weighted by Crippen LogP contribution is -2.10. The Morgan fingerprint density at radius 2 is 2.00 bits per heavy atom. The van der Waals surface area contributed by atoms with Crippen molar-refractivity contribution in [2.45, 2.75) is 13.5 Å². The number of anilines is 2. The predicted octanol–water partition coefficient (Wildman–Crippen LogP) is 1.08. The van der Waals surface area contributed by atoms with Gasteiger partial charge < -0.3 is 10.7 Å². The summed E-state index contributed by atoms with van der Waals surface area (Å²) in [6.45, 7) is 2.48. The fourth-order valence-electron chi connectivity index (χ4n) is 1.31. The lowest BCUT2D eigenvalue weighted by molar-refractivity contribution is 0.976. The molecule has 6 nitrogen and oxygen atoms in total. The molecular weight excluding hydrogens is 216 g/mol. The minimum Gasteiger partial charge on any atom is -0.364 e. The second kappa shape index (κ2) is 5.22. The summed E-state index contributed by atoms with van der Waals surface area (Å²) in [6.07, 6.45) is 3.48. The minimum atomic E-state index is 0.578. The molecule has 0 atom stereocenters. The van der Waals surface area contributed by atoms with E-state index >= 15 is 0 Å². The van der Waals surface area contributed by atoms with Crippen LogP contribution in [-0.2, 0) is 6.54 Å². The summed E-state index contributed by atoms with van der Waals surface area (Å²) in [7, 11) is 0. The Morgan fingerprint density at radius 1 is 1.18 bits per heavy atom. The van der Waals surface area contributed by atoms with Crippen LogP contribution in [0.25, 0.3) is 0 Å². The summed E-state index contributed by atoms with van der Waals surface area (Å²) in [5.74, 6) is 6.63. The number of nitrogen functional groups attached to an aromatic ring is 1. The Labute approximate surface area is 99.3 Å². The van der Waals surface area contributed by atoms with Crippen LogP contribution in [-0.4, -0.2) is 15.0 Å². The first-order valence-corrected chi connectivity index (χ1v) is 5.23. The van der Waals surface area contributed by atoms with E-state index in [2.05, 4.69) is 25.7 Å². The van der Waals surface area contributed by atoms with Gasteiger partial charge >= 0.3 is 0 Å². The van der Waals surface area contributed by atoms with Gasteiger partial charge in [0.15, 0.2) is 0 Å². The Hall–Kier alpha value is -2.21. The first-order chi connectivity index (χ1) is 8.28. The van der Waals surface area contributed by atoms with Crippen molar-refractivity contribution < 1.29 is 0 Å². The van der Waals surface area contributed by atoms with Crippen LogP contribution in [0.3, 0.4) is 0 Å². The molecule has 6 heteroatoms. The van der Waals surface area contributed by atoms with E-state index in [1.54, 1.807) is 18.5 Å². The van der Waals surface area contributed by atoms with Crippen molar-refractivity contribution in [3.63, 3.8) is 0 Å². The third-order valence-corrected chi connectivity index (χ3v) is 2.18. The Kier molecular flexibility index (Phi) is 3.46. The normalized spacial score (nSPS) is 10.0. The molecule has 2 aromatic rings. The van der Waals surface area contributed by atoms with Gasteiger partial charge in [-0.3, -0.25) is 9.97 Å². The van der Waals surface area contributed by atoms with Crippen molar-refractivity contribution in [1.82, 2.24) is 15.0 Å². The van der Waals surface area contributed by atoms with Crippen molar-refractivity contribution >= 4 is 11.6 Å². The molecule has 0 aliphatic rings. The fraction of sp³-hybridized carbons (Fsp3) is 0.182. The number of hydrazine groups is 1. The number of aromatic nitrogens is 3. The maximum atomic E-state index is 5.28. The maximum Gasteiger partial charge on any atom is 0.142 e. The standard InChI is InChI=1S/C11H14N6/c1-8-5-14-9(6-13-8)7-15-10-3-2-4-11(16-10)17-12/h2-6H,7,12H2,1H3,(H2,15,16,17). The molecule has 0 saturated carbocycles. The summed E-state index contributed by atoms with van der Waals surface area (Å²) in [5, 5.41) is 3.15. The van der Waals surface area contributed by atoms with Gasteiger partial charge in [0.25, 0.3) is 0 Å². The smallest absolute Gasteiger partial charge is 0.142 e. The van der Waals surface area contributed by atoms with Crippen LogP contribution in [0.2, 0.25) is 0 Å². The molecule has 0 aliphatic carbocycles. The van der Waals surface area contributed by atoms with Gasteiger partial charge in [-0.1, -0.05) is 6.07 Å². The van der Waals surface area contributed by atoms with E-state index in [1.165, 1.54) is 0 Å². The molecule has 0 amide bonds. The molecule has 17 heavy (non-hydrogen) atoms. The van der Waals surface area contributed by atoms with E-state index in [0.717, 1.165) is 17.2 Å². The zero-order chi connectivity index (χ0) is 12.1. The molecule has 0 aliphatic heterocycles. The highest BCUT2D eigenvalue weighted by Crippen LogP contribution is 2.08. The summed E-state index contributed by atoms with van der Waals surface area (Å²) in [4.78, 5) is 12.6. The lowest BCUT2D eigenvalue weighted by atomic mass is 10.4. The molecule has 0 fully saturated rings. The van der Waals surface area contributed by atoms with Gasteiger partial charge in [0.2, 0.25) is 0 Å². The SMILES string of the molecule is Cc1cnc(CNc2cccc(NN)n2)cn1. The number of nitrogens with zero attached hydrogens (tertiary/aromatic N) is 3. The molecule has 88 valence electrons. The second-order valence-electron chi connectivity index (χ2n) is 3.56. The molecular formula is C11H14N6. The third kappa shape index (κ3) is 3.12. The monoisotopic (exact) mass is 230 g/mol. The molecule has 2 rings (SSSR count). The Morgan fingerprint density at radius 3 is 2.71 bits per heavy atom. The largest absolute Gasteiger partial charge is 0.364 e. The second-order valence-corrected chi connectivity index (χ2v) is 3.56. The van der Waals surface area contributed by atoms with E-state index < -0.39 is 0 Å². The minimum absolute atomic E-state index is 0.578. The van der Waals surface area contributed by atoms with Crippen LogP contribution >= 0.6 is 0 Å². The van der Waals surface area contributed by atoms with Gasteiger partial charge in [0.05, 0.1) is 24.1 Å². The summed E-state index contributed by atoms with van der Waals surface area (Å²) in [6, 6.07) is 5.52. The lowest BCUT2D eigenvalue weighted by Gasteiger charge is -2.06. The first kappa shape index (κ1) is 11.3. The highest BCUT2D eigenvalue weighted by molar-refractivity contribution is 5.44. The molecule has 0 radical (unpaired) electrons. The van der Waals surface area contributed by atoms with Gasteiger partial charge in [0, 0.05) is 6.20 Å². The van der Waals surface area contributed by atoms with Gasteiger partial charge in [0.1, 0.15) is 11.6 Å². The summed E-state index contributed by atoms with van der Waals surface area (Å²) >= 11 is 0. The van der Waals surface area contributed by atoms with Crippen molar-refractivity contribution in [1.29, 1.82) is 0 Å². The molecule has 0 spiro atoms. The topological polar surface area (TPSA) is 88.8 Å². The van der Waals surface area contributed by atoms with Gasteiger partial charge in [-0.05, 0) is 19.1 Å². The molecule has 0 bridgehead atoms. The highest BCUT2D eigenvalue weighted by atomic mass is 15.3. The number of rotatable bonds is 4. The Balaban J connectivity index is 1.99. The first-order valence-electron chi connectivity index (χ1n) is 5.23. The van der Waals surface area contributed by atoms with E-state index in [9.17, 15) is 0 Å². The van der Waals surface area contributed by atoms with E-state index in [1.807, 2.05) is 19.1 Å². The van der Waals surface area contributed by atoms with Crippen molar-refractivity contribution in [2.24, 2.45) is 5.84 Å². The van der Waals surface area contributed by atoms with Gasteiger partial charge in [-0.15, -0.1) is 0 Å². The third-order valence-electron chi connectivity index (χ3n) is 2.18. The number of pyridine rings is 1. The van der Waals surface area contributed by atoms with E-state index in [0.29, 0.717) is 12.4 Å². The van der Waals surface area contributed by atoms with Crippen LogP contribution in [0.1, 0.15) is 11.4 Å². The maximum absolute atomic E-state index is 5.28.